The molecule has 208 valence electrons. The molecule has 0 bridgehead atoms. The average molecular weight is 591 g/mol. The fourth-order valence-electron chi connectivity index (χ4n) is 3.85. The molecule has 0 aromatic heterocycles. The monoisotopic (exact) mass is 589 g/mol. The highest BCUT2D eigenvalue weighted by molar-refractivity contribution is 7.92. The molecule has 3 aromatic rings. The molecule has 7 nitrogen and oxygen atoms in total. The lowest BCUT2D eigenvalue weighted by Crippen LogP contribution is -2.52. The molecule has 0 saturated heterocycles. The van der Waals surface area contributed by atoms with Crippen molar-refractivity contribution >= 4 is 50.7 Å². The summed E-state index contributed by atoms with van der Waals surface area (Å²) in [6.45, 7) is 6.93. The van der Waals surface area contributed by atoms with Crippen LogP contribution in [0.25, 0.3) is 0 Å². The summed E-state index contributed by atoms with van der Waals surface area (Å²) in [6.07, 6.45) is 0.723. The number of hydrogen-bond donors (Lipinski definition) is 1. The van der Waals surface area contributed by atoms with Gasteiger partial charge in [-0.15, -0.1) is 0 Å². The number of anilines is 1. The molecular formula is C29H33Cl2N3O4S. The van der Waals surface area contributed by atoms with Crippen molar-refractivity contribution in [3.63, 3.8) is 0 Å². The Hall–Kier alpha value is -3.07. The molecule has 0 spiro atoms. The van der Waals surface area contributed by atoms with Crippen LogP contribution in [0.1, 0.15) is 38.3 Å². The van der Waals surface area contributed by atoms with Gasteiger partial charge < -0.3 is 10.2 Å². The van der Waals surface area contributed by atoms with E-state index in [4.69, 9.17) is 23.2 Å². The lowest BCUT2D eigenvalue weighted by Gasteiger charge is -2.32. The van der Waals surface area contributed by atoms with Gasteiger partial charge in [0.1, 0.15) is 12.6 Å². The van der Waals surface area contributed by atoms with E-state index in [0.717, 1.165) is 21.9 Å². The predicted molar refractivity (Wildman–Crippen MR) is 157 cm³/mol. The van der Waals surface area contributed by atoms with Gasteiger partial charge in [-0.3, -0.25) is 13.9 Å². The highest BCUT2D eigenvalue weighted by atomic mass is 35.5. The number of nitrogens with one attached hydrogen (secondary N) is 1. The first kappa shape index (κ1) is 30.5. The largest absolute Gasteiger partial charge is 0.352 e. The highest BCUT2D eigenvalue weighted by Gasteiger charge is 2.33. The number of halogens is 2. The van der Waals surface area contributed by atoms with Crippen molar-refractivity contribution in [1.29, 1.82) is 0 Å². The van der Waals surface area contributed by atoms with Gasteiger partial charge in [-0.2, -0.15) is 0 Å². The van der Waals surface area contributed by atoms with Gasteiger partial charge in [-0.1, -0.05) is 78.2 Å². The zero-order chi connectivity index (χ0) is 28.7. The molecule has 2 amide bonds. The molecule has 0 fully saturated rings. The van der Waals surface area contributed by atoms with E-state index in [9.17, 15) is 18.0 Å². The van der Waals surface area contributed by atoms with Gasteiger partial charge in [0.15, 0.2) is 0 Å². The summed E-state index contributed by atoms with van der Waals surface area (Å²) in [7, 11) is -4.23. The van der Waals surface area contributed by atoms with Gasteiger partial charge in [0.2, 0.25) is 11.8 Å². The summed E-state index contributed by atoms with van der Waals surface area (Å²) in [5, 5.41) is 3.28. The van der Waals surface area contributed by atoms with Gasteiger partial charge in [-0.05, 0) is 63.1 Å². The van der Waals surface area contributed by atoms with E-state index < -0.39 is 28.5 Å². The molecule has 1 N–H and O–H groups in total. The molecule has 0 saturated carbocycles. The zero-order valence-electron chi connectivity index (χ0n) is 22.4. The summed E-state index contributed by atoms with van der Waals surface area (Å²) in [5.74, 6) is -0.902. The van der Waals surface area contributed by atoms with Crippen LogP contribution < -0.4 is 9.62 Å². The standard InChI is InChI=1S/C29H33Cl2N3O4S/c1-5-21(3)32-29(36)22(4)33(18-23-13-11-20(2)12-14-23)28(35)19-34(27-17-24(30)15-16-26(27)31)39(37,38)25-9-7-6-8-10-25/h6-17,21-22H,5,18-19H2,1-4H3,(H,32,36)/t21-,22+/m0/s1. The second kappa shape index (κ2) is 13.3. The van der Waals surface area contributed by atoms with Crippen molar-refractivity contribution in [2.75, 3.05) is 10.8 Å². The van der Waals surface area contributed by atoms with E-state index >= 15 is 0 Å². The van der Waals surface area contributed by atoms with Crippen LogP contribution >= 0.6 is 23.2 Å². The third-order valence-electron chi connectivity index (χ3n) is 6.43. The Morgan fingerprint density at radius 2 is 1.59 bits per heavy atom. The van der Waals surface area contributed by atoms with Crippen molar-refractivity contribution in [2.45, 2.75) is 57.6 Å². The molecule has 0 radical (unpaired) electrons. The van der Waals surface area contributed by atoms with Crippen molar-refractivity contribution in [2.24, 2.45) is 0 Å². The number of aryl methyl sites for hydroxylation is 1. The maximum Gasteiger partial charge on any atom is 0.264 e. The van der Waals surface area contributed by atoms with E-state index in [1.54, 1.807) is 25.1 Å². The SMILES string of the molecule is CC[C@H](C)NC(=O)[C@@H](C)N(Cc1ccc(C)cc1)C(=O)CN(c1cc(Cl)ccc1Cl)S(=O)(=O)c1ccccc1. The van der Waals surface area contributed by atoms with Gasteiger partial charge in [0.25, 0.3) is 10.0 Å². The van der Waals surface area contributed by atoms with Crippen LogP contribution in [0.3, 0.4) is 0 Å². The molecule has 3 aromatic carbocycles. The molecular weight excluding hydrogens is 557 g/mol. The summed E-state index contributed by atoms with van der Waals surface area (Å²) < 4.78 is 28.6. The van der Waals surface area contributed by atoms with Crippen molar-refractivity contribution in [3.05, 3.63) is 94.0 Å². The van der Waals surface area contributed by atoms with Gasteiger partial charge in [0, 0.05) is 17.6 Å². The molecule has 0 heterocycles. The fraction of sp³-hybridized carbons (Fsp3) is 0.310. The van der Waals surface area contributed by atoms with Crippen LogP contribution in [0.2, 0.25) is 10.0 Å². The second-order valence-corrected chi connectivity index (χ2v) is 12.1. The second-order valence-electron chi connectivity index (χ2n) is 9.42. The molecule has 0 aliphatic carbocycles. The Balaban J connectivity index is 2.05. The molecule has 3 rings (SSSR count). The first-order chi connectivity index (χ1) is 18.4. The minimum absolute atomic E-state index is 0.0125. The quantitative estimate of drug-likeness (QED) is 0.305. The van der Waals surface area contributed by atoms with Crippen molar-refractivity contribution in [1.82, 2.24) is 10.2 Å². The maximum atomic E-state index is 13.9. The number of nitrogens with zero attached hydrogens (tertiary/aromatic N) is 2. The predicted octanol–water partition coefficient (Wildman–Crippen LogP) is 5.83. The summed E-state index contributed by atoms with van der Waals surface area (Å²) in [4.78, 5) is 28.4. The Labute approximate surface area is 240 Å². The Morgan fingerprint density at radius 3 is 2.21 bits per heavy atom. The van der Waals surface area contributed by atoms with E-state index in [0.29, 0.717) is 0 Å². The number of hydrogen-bond acceptors (Lipinski definition) is 4. The van der Waals surface area contributed by atoms with Crippen LogP contribution in [0.4, 0.5) is 5.69 Å². The van der Waals surface area contributed by atoms with E-state index in [-0.39, 0.29) is 39.1 Å². The molecule has 0 aliphatic rings. The third-order valence-corrected chi connectivity index (χ3v) is 8.76. The number of carbonyl (C=O) groups excluding carboxylic acids is 2. The van der Waals surface area contributed by atoms with Crippen molar-refractivity contribution < 1.29 is 18.0 Å². The van der Waals surface area contributed by atoms with Gasteiger partial charge in [-0.25, -0.2) is 8.42 Å². The molecule has 2 atom stereocenters. The summed E-state index contributed by atoms with van der Waals surface area (Å²) in [5.41, 5.74) is 1.92. The van der Waals surface area contributed by atoms with Gasteiger partial charge >= 0.3 is 0 Å². The van der Waals surface area contributed by atoms with E-state index in [2.05, 4.69) is 5.32 Å². The first-order valence-corrected chi connectivity index (χ1v) is 14.8. The smallest absolute Gasteiger partial charge is 0.264 e. The van der Waals surface area contributed by atoms with Crippen LogP contribution in [0.15, 0.2) is 77.7 Å². The Morgan fingerprint density at radius 1 is 0.949 bits per heavy atom. The normalized spacial score (nSPS) is 12.9. The van der Waals surface area contributed by atoms with Crippen LogP contribution in [-0.2, 0) is 26.2 Å². The van der Waals surface area contributed by atoms with E-state index in [1.165, 1.54) is 35.2 Å². The first-order valence-electron chi connectivity index (χ1n) is 12.6. The lowest BCUT2D eigenvalue weighted by atomic mass is 10.1. The summed E-state index contributed by atoms with van der Waals surface area (Å²) >= 11 is 12.6. The number of sulfonamides is 1. The van der Waals surface area contributed by atoms with Crippen LogP contribution in [0.5, 0.6) is 0 Å². The molecule has 0 unspecified atom stereocenters. The average Bonchev–Trinajstić information content (AvgIpc) is 2.92. The fourth-order valence-corrected chi connectivity index (χ4v) is 5.73. The minimum Gasteiger partial charge on any atom is -0.352 e. The topological polar surface area (TPSA) is 86.8 Å². The lowest BCUT2D eigenvalue weighted by molar-refractivity contribution is -0.139. The number of carbonyl (C=O) groups is 2. The number of benzene rings is 3. The summed E-state index contributed by atoms with van der Waals surface area (Å²) in [6, 6.07) is 18.8. The van der Waals surface area contributed by atoms with E-state index in [1.807, 2.05) is 45.0 Å². The van der Waals surface area contributed by atoms with Crippen molar-refractivity contribution in [3.8, 4) is 0 Å². The highest BCUT2D eigenvalue weighted by Crippen LogP contribution is 2.33. The number of rotatable bonds is 11. The molecule has 10 heteroatoms. The Kier molecular flexibility index (Phi) is 10.4. The third kappa shape index (κ3) is 7.75. The maximum absolute atomic E-state index is 13.9. The molecule has 0 aliphatic heterocycles. The number of amides is 2. The molecule has 39 heavy (non-hydrogen) atoms. The Bertz CT molecular complexity index is 1400. The zero-order valence-corrected chi connectivity index (χ0v) is 24.7. The minimum atomic E-state index is -4.23. The van der Waals surface area contributed by atoms with Crippen LogP contribution in [0, 0.1) is 6.92 Å². The van der Waals surface area contributed by atoms with Gasteiger partial charge in [0.05, 0.1) is 15.6 Å². The van der Waals surface area contributed by atoms with Crippen LogP contribution in [-0.4, -0.2) is 43.8 Å².